The van der Waals surface area contributed by atoms with Gasteiger partial charge in [0.25, 0.3) is 0 Å². The quantitative estimate of drug-likeness (QED) is 0.501. The molecule has 13 heavy (non-hydrogen) atoms. The Bertz CT molecular complexity index is 315. The highest BCUT2D eigenvalue weighted by Crippen LogP contribution is 2.15. The van der Waals surface area contributed by atoms with Gasteiger partial charge in [-0.25, -0.2) is 4.79 Å². The van der Waals surface area contributed by atoms with E-state index in [1.54, 1.807) is 18.2 Å². The van der Waals surface area contributed by atoms with Crippen molar-refractivity contribution in [2.45, 2.75) is 6.92 Å². The predicted octanol–water partition coefficient (Wildman–Crippen LogP) is 1.40. The largest absolute Gasteiger partial charge is 0.478 e. The number of aromatic carboxylic acids is 1. The fourth-order valence-electron chi connectivity index (χ4n) is 0.961. The Morgan fingerprint density at radius 1 is 1.54 bits per heavy atom. The summed E-state index contributed by atoms with van der Waals surface area (Å²) in [7, 11) is 0. The molecule has 1 rings (SSSR count). The predicted molar refractivity (Wildman–Crippen MR) is 53.2 cm³/mol. The summed E-state index contributed by atoms with van der Waals surface area (Å²) in [6.45, 7) is 1.83. The van der Waals surface area contributed by atoms with Crippen LogP contribution < -0.4 is 11.3 Å². The summed E-state index contributed by atoms with van der Waals surface area (Å²) in [5.41, 5.74) is 3.83. The highest BCUT2D eigenvalue weighted by Gasteiger charge is 2.08. The van der Waals surface area contributed by atoms with Gasteiger partial charge in [-0.05, 0) is 19.1 Å². The van der Waals surface area contributed by atoms with Crippen LogP contribution in [0, 0.1) is 6.92 Å². The zero-order chi connectivity index (χ0) is 9.14. The maximum Gasteiger partial charge on any atom is 0.337 e. The molecule has 1 aromatic rings. The molecule has 0 unspecified atom stereocenters. The Hall–Kier alpha value is -1.26. The highest BCUT2D eigenvalue weighted by molar-refractivity contribution is 5.94. The number of halogens is 1. The van der Waals surface area contributed by atoms with Crippen molar-refractivity contribution >= 4 is 24.1 Å². The Kier molecular flexibility index (Phi) is 4.23. The van der Waals surface area contributed by atoms with Gasteiger partial charge in [-0.3, -0.25) is 5.84 Å². The molecule has 4 nitrogen and oxygen atoms in total. The van der Waals surface area contributed by atoms with Crippen LogP contribution in [0.15, 0.2) is 18.2 Å². The first-order valence-electron chi connectivity index (χ1n) is 3.45. The molecule has 0 fully saturated rings. The van der Waals surface area contributed by atoms with Gasteiger partial charge in [-0.15, -0.1) is 12.4 Å². The number of nitrogens with two attached hydrogens (primary N) is 1. The molecule has 0 spiro atoms. The van der Waals surface area contributed by atoms with E-state index in [9.17, 15) is 4.79 Å². The van der Waals surface area contributed by atoms with Gasteiger partial charge in [-0.1, -0.05) is 11.6 Å². The summed E-state index contributed by atoms with van der Waals surface area (Å²) in [6.07, 6.45) is 0. The van der Waals surface area contributed by atoms with E-state index < -0.39 is 5.97 Å². The second-order valence-electron chi connectivity index (χ2n) is 2.50. The second-order valence-corrected chi connectivity index (χ2v) is 2.50. The average molecular weight is 203 g/mol. The van der Waals surface area contributed by atoms with E-state index in [1.165, 1.54) is 0 Å². The number of carbonyl (C=O) groups is 1. The van der Waals surface area contributed by atoms with Crippen LogP contribution in [0.25, 0.3) is 0 Å². The summed E-state index contributed by atoms with van der Waals surface area (Å²) in [5, 5.41) is 8.73. The fourth-order valence-corrected chi connectivity index (χ4v) is 0.961. The molecule has 0 amide bonds. The molecular formula is C8H11ClN2O2. The van der Waals surface area contributed by atoms with E-state index in [0.717, 1.165) is 5.56 Å². The number of benzene rings is 1. The van der Waals surface area contributed by atoms with Crippen LogP contribution in [-0.4, -0.2) is 11.1 Å². The van der Waals surface area contributed by atoms with Crippen molar-refractivity contribution in [1.29, 1.82) is 0 Å². The number of rotatable bonds is 2. The monoisotopic (exact) mass is 202 g/mol. The van der Waals surface area contributed by atoms with Crippen LogP contribution in [0.1, 0.15) is 15.9 Å². The van der Waals surface area contributed by atoms with Gasteiger partial charge in [-0.2, -0.15) is 0 Å². The Balaban J connectivity index is 0.00000144. The summed E-state index contributed by atoms with van der Waals surface area (Å²) in [6, 6.07) is 5.00. The van der Waals surface area contributed by atoms with Gasteiger partial charge in [0.15, 0.2) is 0 Å². The standard InChI is InChI=1S/C8H10N2O2.ClH/c1-5-2-3-7(10-9)6(4-5)8(11)12;/h2-4,10H,9H2,1H3,(H,11,12);1H. The van der Waals surface area contributed by atoms with E-state index in [-0.39, 0.29) is 18.0 Å². The molecule has 0 saturated heterocycles. The minimum Gasteiger partial charge on any atom is -0.478 e. The first-order valence-corrected chi connectivity index (χ1v) is 3.45. The lowest BCUT2D eigenvalue weighted by Gasteiger charge is -2.04. The van der Waals surface area contributed by atoms with Crippen molar-refractivity contribution in [2.24, 2.45) is 5.84 Å². The van der Waals surface area contributed by atoms with Crippen molar-refractivity contribution in [3.63, 3.8) is 0 Å². The lowest BCUT2D eigenvalue weighted by Crippen LogP contribution is -2.11. The minimum atomic E-state index is -0.980. The molecule has 1 aromatic carbocycles. The molecule has 5 heteroatoms. The van der Waals surface area contributed by atoms with Crippen molar-refractivity contribution in [2.75, 3.05) is 5.43 Å². The third-order valence-corrected chi connectivity index (χ3v) is 1.56. The minimum absolute atomic E-state index is 0. The van der Waals surface area contributed by atoms with Crippen molar-refractivity contribution in [3.8, 4) is 0 Å². The summed E-state index contributed by atoms with van der Waals surface area (Å²) >= 11 is 0. The number of hydrogen-bond donors (Lipinski definition) is 3. The van der Waals surface area contributed by atoms with Crippen LogP contribution in [0.5, 0.6) is 0 Å². The number of carboxylic acid groups (broad SMARTS) is 1. The van der Waals surface area contributed by atoms with Gasteiger partial charge >= 0.3 is 5.97 Å². The van der Waals surface area contributed by atoms with Gasteiger partial charge in [0.1, 0.15) is 0 Å². The van der Waals surface area contributed by atoms with Crippen molar-refractivity contribution in [3.05, 3.63) is 29.3 Å². The topological polar surface area (TPSA) is 75.3 Å². The molecule has 0 radical (unpaired) electrons. The zero-order valence-corrected chi connectivity index (χ0v) is 7.89. The summed E-state index contributed by atoms with van der Waals surface area (Å²) in [5.74, 6) is 4.15. The first kappa shape index (κ1) is 11.7. The number of hydrazine groups is 1. The highest BCUT2D eigenvalue weighted by atomic mass is 35.5. The van der Waals surface area contributed by atoms with Gasteiger partial charge in [0, 0.05) is 0 Å². The van der Waals surface area contributed by atoms with E-state index in [0.29, 0.717) is 5.69 Å². The SMILES string of the molecule is Cc1ccc(NN)c(C(=O)O)c1.Cl. The summed E-state index contributed by atoms with van der Waals surface area (Å²) in [4.78, 5) is 10.6. The molecule has 4 N–H and O–H groups in total. The Labute approximate surface area is 82.1 Å². The van der Waals surface area contributed by atoms with Crippen LogP contribution in [-0.2, 0) is 0 Å². The van der Waals surface area contributed by atoms with Gasteiger partial charge in [0.2, 0.25) is 0 Å². The smallest absolute Gasteiger partial charge is 0.337 e. The molecular weight excluding hydrogens is 192 g/mol. The number of carboxylic acids is 1. The molecule has 72 valence electrons. The molecule has 0 aliphatic rings. The molecule has 0 heterocycles. The summed E-state index contributed by atoms with van der Waals surface area (Å²) < 4.78 is 0. The molecule has 0 bridgehead atoms. The van der Waals surface area contributed by atoms with E-state index in [2.05, 4.69) is 5.43 Å². The molecule has 0 aromatic heterocycles. The maximum absolute atomic E-state index is 10.6. The van der Waals surface area contributed by atoms with Crippen LogP contribution >= 0.6 is 12.4 Å². The molecule has 0 saturated carbocycles. The number of hydrogen-bond acceptors (Lipinski definition) is 3. The Morgan fingerprint density at radius 2 is 2.15 bits per heavy atom. The second kappa shape index (κ2) is 4.69. The van der Waals surface area contributed by atoms with Gasteiger partial charge in [0.05, 0.1) is 11.3 Å². The van der Waals surface area contributed by atoms with Crippen LogP contribution in [0.4, 0.5) is 5.69 Å². The lowest BCUT2D eigenvalue weighted by molar-refractivity contribution is 0.0698. The Morgan fingerprint density at radius 3 is 2.62 bits per heavy atom. The third-order valence-electron chi connectivity index (χ3n) is 1.56. The third kappa shape index (κ3) is 2.61. The number of anilines is 1. The average Bonchev–Trinajstić information content (AvgIpc) is 2.04. The molecule has 0 atom stereocenters. The number of nitrogens with one attached hydrogen (secondary N) is 1. The molecule has 0 aliphatic carbocycles. The van der Waals surface area contributed by atoms with Crippen molar-refractivity contribution < 1.29 is 9.90 Å². The normalized spacial score (nSPS) is 8.77. The van der Waals surface area contributed by atoms with E-state index in [1.807, 2.05) is 6.92 Å². The number of nitrogen functional groups attached to an aromatic ring is 1. The number of aryl methyl sites for hydroxylation is 1. The maximum atomic E-state index is 10.6. The lowest BCUT2D eigenvalue weighted by atomic mass is 10.1. The first-order chi connectivity index (χ1) is 5.65. The van der Waals surface area contributed by atoms with E-state index >= 15 is 0 Å². The van der Waals surface area contributed by atoms with E-state index in [4.69, 9.17) is 10.9 Å². The molecule has 0 aliphatic heterocycles. The van der Waals surface area contributed by atoms with Crippen LogP contribution in [0.3, 0.4) is 0 Å². The van der Waals surface area contributed by atoms with Gasteiger partial charge < -0.3 is 10.5 Å². The van der Waals surface area contributed by atoms with Crippen molar-refractivity contribution in [1.82, 2.24) is 0 Å². The zero-order valence-electron chi connectivity index (χ0n) is 7.07. The fraction of sp³-hybridized carbons (Fsp3) is 0.125. The van der Waals surface area contributed by atoms with Crippen LogP contribution in [0.2, 0.25) is 0 Å².